The molecule has 3 rings (SSSR count). The molecule has 3 saturated heterocycles. The summed E-state index contributed by atoms with van der Waals surface area (Å²) in [6, 6.07) is -2.75. The zero-order chi connectivity index (χ0) is 29.9. The van der Waals surface area contributed by atoms with E-state index >= 15 is 0 Å². The number of hydrogen-bond acceptors (Lipinski definition) is 16. The van der Waals surface area contributed by atoms with E-state index in [9.17, 15) is 55.5 Å². The zero-order valence-corrected chi connectivity index (χ0v) is 21.7. The molecule has 3 heterocycles. The van der Waals surface area contributed by atoms with Crippen molar-refractivity contribution in [2.45, 2.75) is 106 Å². The maximum Gasteiger partial charge on any atom is 0.217 e. The van der Waals surface area contributed by atoms with Gasteiger partial charge in [0.15, 0.2) is 18.9 Å². The van der Waals surface area contributed by atoms with Crippen molar-refractivity contribution in [1.29, 1.82) is 0 Å². The molecule has 2 amide bonds. The molecular weight excluding hydrogens is 548 g/mol. The molecule has 0 unspecified atom stereocenters. The highest BCUT2D eigenvalue weighted by Gasteiger charge is 2.52. The Morgan fingerprint density at radius 1 is 0.650 bits per heavy atom. The van der Waals surface area contributed by atoms with Crippen molar-refractivity contribution in [3.63, 3.8) is 0 Å². The van der Waals surface area contributed by atoms with Gasteiger partial charge in [0.05, 0.1) is 19.8 Å². The molecule has 15 atom stereocenters. The van der Waals surface area contributed by atoms with Gasteiger partial charge in [-0.3, -0.25) is 9.59 Å². The Hall–Kier alpha value is -1.62. The highest BCUT2D eigenvalue weighted by atomic mass is 16.7. The van der Waals surface area contributed by atoms with E-state index in [-0.39, 0.29) is 0 Å². The van der Waals surface area contributed by atoms with Gasteiger partial charge in [0.25, 0.3) is 0 Å². The Labute approximate surface area is 228 Å². The van der Waals surface area contributed by atoms with Crippen molar-refractivity contribution in [3.05, 3.63) is 0 Å². The summed E-state index contributed by atoms with van der Waals surface area (Å²) < 4.78 is 27.4. The number of carbonyl (C=O) groups excluding carboxylic acids is 2. The van der Waals surface area contributed by atoms with E-state index in [4.69, 9.17) is 23.7 Å². The molecule has 3 aliphatic heterocycles. The first-order chi connectivity index (χ1) is 18.8. The molecule has 3 aliphatic rings. The second kappa shape index (κ2) is 14.0. The van der Waals surface area contributed by atoms with E-state index in [2.05, 4.69) is 10.6 Å². The Kier molecular flexibility index (Phi) is 11.5. The van der Waals surface area contributed by atoms with Crippen molar-refractivity contribution in [1.82, 2.24) is 10.6 Å². The van der Waals surface area contributed by atoms with Crippen molar-refractivity contribution < 1.29 is 79.2 Å². The predicted octanol–water partition coefficient (Wildman–Crippen LogP) is -7.29. The first kappa shape index (κ1) is 32.9. The molecule has 18 heteroatoms. The monoisotopic (exact) mass is 586 g/mol. The Bertz CT molecular complexity index is 852. The van der Waals surface area contributed by atoms with Crippen molar-refractivity contribution in [2.75, 3.05) is 19.8 Å². The average molecular weight is 587 g/mol. The minimum absolute atomic E-state index is 0.596. The van der Waals surface area contributed by atoms with Crippen molar-refractivity contribution in [2.24, 2.45) is 0 Å². The van der Waals surface area contributed by atoms with Gasteiger partial charge < -0.3 is 80.3 Å². The van der Waals surface area contributed by atoms with Gasteiger partial charge in [-0.2, -0.15) is 0 Å². The number of amides is 2. The molecule has 232 valence electrons. The largest absolute Gasteiger partial charge is 0.394 e. The van der Waals surface area contributed by atoms with E-state index in [0.29, 0.717) is 0 Å². The van der Waals surface area contributed by atoms with Crippen LogP contribution in [0.5, 0.6) is 0 Å². The quantitative estimate of drug-likeness (QED) is 0.120. The fourth-order valence-corrected chi connectivity index (χ4v) is 4.76. The number of nitrogens with one attached hydrogen (secondary N) is 2. The lowest BCUT2D eigenvalue weighted by Gasteiger charge is -2.47. The van der Waals surface area contributed by atoms with Crippen LogP contribution in [-0.4, -0.2) is 170 Å². The second-order valence-corrected chi connectivity index (χ2v) is 9.85. The number of hydrogen-bond donors (Lipinski definition) is 11. The molecule has 18 nitrogen and oxygen atoms in total. The Balaban J connectivity index is 1.78. The lowest BCUT2D eigenvalue weighted by molar-refractivity contribution is -0.345. The molecule has 0 bridgehead atoms. The highest BCUT2D eigenvalue weighted by molar-refractivity contribution is 5.73. The average Bonchev–Trinajstić information content (AvgIpc) is 2.90. The van der Waals surface area contributed by atoms with Gasteiger partial charge >= 0.3 is 0 Å². The fourth-order valence-electron chi connectivity index (χ4n) is 4.76. The molecule has 0 aromatic heterocycles. The highest BCUT2D eigenvalue weighted by Crippen LogP contribution is 2.30. The molecule has 0 radical (unpaired) electrons. The summed E-state index contributed by atoms with van der Waals surface area (Å²) in [5, 5.41) is 96.3. The number of rotatable bonds is 9. The maximum atomic E-state index is 11.8. The third-order valence-corrected chi connectivity index (χ3v) is 6.88. The van der Waals surface area contributed by atoms with Crippen LogP contribution >= 0.6 is 0 Å². The SMILES string of the molecule is CC(=O)N[C@@H]1[C@@H](O[C@@H]2O[C@H](CO)[C@@H](O)[C@H](O)[C@H]2O)[C@@H](O)[C@@H](CO[C@@H]2O[C@H](CO)[C@@H](O)[C@H](O)[C@H]2NC(C)=O)O[C@@H]1O. The molecule has 0 aromatic rings. The minimum atomic E-state index is -1.87. The standard InChI is InChI=1S/C22H38N2O16/c1-6(27)23-11-16(32)13(29)8(3-25)38-21(11)36-5-10-15(31)19(12(20(35)37-10)24-7(2)28)40-22-18(34)17(33)14(30)9(4-26)39-22/h8-22,25-26,29-35H,3-5H2,1-2H3,(H,23,27)(H,24,28)/t8-,9-,10-,11-,12-,13-,14-,15+,16-,17+,18-,19-,20+,21-,22+/m1/s1. The van der Waals surface area contributed by atoms with Gasteiger partial charge in [-0.15, -0.1) is 0 Å². The van der Waals surface area contributed by atoms with Crippen LogP contribution < -0.4 is 10.6 Å². The summed E-state index contributed by atoms with van der Waals surface area (Å²) in [7, 11) is 0. The van der Waals surface area contributed by atoms with Crippen molar-refractivity contribution in [3.8, 4) is 0 Å². The first-order valence-electron chi connectivity index (χ1n) is 12.6. The summed E-state index contributed by atoms with van der Waals surface area (Å²) in [6.07, 6.45) is -21.0. The number of carbonyl (C=O) groups is 2. The van der Waals surface area contributed by atoms with Crippen LogP contribution in [0, 0.1) is 0 Å². The predicted molar refractivity (Wildman–Crippen MR) is 124 cm³/mol. The molecule has 40 heavy (non-hydrogen) atoms. The van der Waals surface area contributed by atoms with Crippen molar-refractivity contribution >= 4 is 11.8 Å². The molecule has 0 aromatic carbocycles. The number of aliphatic hydroxyl groups excluding tert-OH is 9. The molecular formula is C22H38N2O16. The third-order valence-electron chi connectivity index (χ3n) is 6.88. The molecule has 0 saturated carbocycles. The summed E-state index contributed by atoms with van der Waals surface area (Å²) in [5.41, 5.74) is 0. The summed E-state index contributed by atoms with van der Waals surface area (Å²) in [4.78, 5) is 23.4. The van der Waals surface area contributed by atoms with Gasteiger partial charge in [-0.05, 0) is 0 Å². The lowest BCUT2D eigenvalue weighted by Crippen LogP contribution is -2.68. The third kappa shape index (κ3) is 7.23. The van der Waals surface area contributed by atoms with Crippen LogP contribution in [0.25, 0.3) is 0 Å². The first-order valence-corrected chi connectivity index (χ1v) is 12.6. The van der Waals surface area contributed by atoms with E-state index < -0.39 is 124 Å². The van der Waals surface area contributed by atoms with Crippen LogP contribution in [0.3, 0.4) is 0 Å². The molecule has 3 fully saturated rings. The molecule has 0 aliphatic carbocycles. The summed E-state index contributed by atoms with van der Waals surface area (Å²) in [6.45, 7) is 0.184. The van der Waals surface area contributed by atoms with E-state index in [1.807, 2.05) is 0 Å². The van der Waals surface area contributed by atoms with E-state index in [1.165, 1.54) is 0 Å². The molecule has 11 N–H and O–H groups in total. The van der Waals surface area contributed by atoms with Gasteiger partial charge in [0.1, 0.15) is 73.1 Å². The van der Waals surface area contributed by atoms with Crippen LogP contribution in [0.15, 0.2) is 0 Å². The smallest absolute Gasteiger partial charge is 0.217 e. The summed E-state index contributed by atoms with van der Waals surface area (Å²) >= 11 is 0. The normalized spacial score (nSPS) is 46.0. The Morgan fingerprint density at radius 3 is 1.73 bits per heavy atom. The van der Waals surface area contributed by atoms with Gasteiger partial charge in [0.2, 0.25) is 11.8 Å². The second-order valence-electron chi connectivity index (χ2n) is 9.85. The number of ether oxygens (including phenoxy) is 5. The van der Waals surface area contributed by atoms with Crippen LogP contribution in [0.1, 0.15) is 13.8 Å². The number of aliphatic hydroxyl groups is 9. The lowest BCUT2D eigenvalue weighted by atomic mass is 9.95. The fraction of sp³-hybridized carbons (Fsp3) is 0.909. The van der Waals surface area contributed by atoms with Crippen LogP contribution in [0.2, 0.25) is 0 Å². The van der Waals surface area contributed by atoms with E-state index in [1.54, 1.807) is 0 Å². The van der Waals surface area contributed by atoms with E-state index in [0.717, 1.165) is 13.8 Å². The summed E-state index contributed by atoms with van der Waals surface area (Å²) in [5.74, 6) is -1.26. The van der Waals surface area contributed by atoms with Gasteiger partial charge in [0, 0.05) is 13.8 Å². The van der Waals surface area contributed by atoms with Crippen LogP contribution in [0.4, 0.5) is 0 Å². The van der Waals surface area contributed by atoms with Gasteiger partial charge in [-0.25, -0.2) is 0 Å². The maximum absolute atomic E-state index is 11.8. The minimum Gasteiger partial charge on any atom is -0.394 e. The molecule has 0 spiro atoms. The van der Waals surface area contributed by atoms with Gasteiger partial charge in [-0.1, -0.05) is 0 Å². The Morgan fingerprint density at radius 2 is 1.18 bits per heavy atom. The topological polar surface area (TPSA) is 286 Å². The zero-order valence-electron chi connectivity index (χ0n) is 21.7. The van der Waals surface area contributed by atoms with Crippen LogP contribution in [-0.2, 0) is 33.3 Å².